The van der Waals surface area contributed by atoms with E-state index in [9.17, 15) is 9.59 Å². The lowest BCUT2D eigenvalue weighted by atomic mass is 10.1. The molecule has 1 aromatic heterocycles. The van der Waals surface area contributed by atoms with Crippen LogP contribution in [0.1, 0.15) is 21.7 Å². The monoisotopic (exact) mass is 377 g/mol. The highest BCUT2D eigenvalue weighted by molar-refractivity contribution is 5.97. The zero-order valence-electron chi connectivity index (χ0n) is 16.2. The molecule has 146 valence electrons. The summed E-state index contributed by atoms with van der Waals surface area (Å²) in [5.74, 6) is -0.191. The smallest absolute Gasteiger partial charge is 0.342 e. The van der Waals surface area contributed by atoms with E-state index >= 15 is 0 Å². The molecule has 0 atom stereocenters. The van der Waals surface area contributed by atoms with Gasteiger partial charge in [0.15, 0.2) is 18.1 Å². The van der Waals surface area contributed by atoms with Gasteiger partial charge in [0, 0.05) is 19.2 Å². The number of aromatic nitrogens is 2. The van der Waals surface area contributed by atoms with Crippen LogP contribution in [0.5, 0.6) is 17.2 Å². The third kappa shape index (κ3) is 4.30. The maximum atomic E-state index is 12.4. The quantitative estimate of drug-likeness (QED) is 0.735. The molecular weight excluding hydrogens is 354 g/mol. The molecule has 0 radical (unpaired) electrons. The van der Waals surface area contributed by atoms with Crippen molar-refractivity contribution in [3.63, 3.8) is 0 Å². The van der Waals surface area contributed by atoms with E-state index in [1.165, 1.54) is 33.5 Å². The summed E-state index contributed by atoms with van der Waals surface area (Å²) in [5.41, 5.74) is 2.20. The van der Waals surface area contributed by atoms with Crippen molar-refractivity contribution >= 4 is 17.6 Å². The van der Waals surface area contributed by atoms with Gasteiger partial charge in [-0.15, -0.1) is 0 Å². The van der Waals surface area contributed by atoms with Crippen LogP contribution >= 0.6 is 0 Å². The molecule has 1 aromatic carbocycles. The lowest BCUT2D eigenvalue weighted by Gasteiger charge is -2.13. The fraction of sp³-hybridized carbons (Fsp3) is 0.389. The Morgan fingerprint density at radius 1 is 1.04 bits per heavy atom. The second-order valence-electron chi connectivity index (χ2n) is 5.70. The number of rotatable bonds is 7. The molecule has 0 saturated heterocycles. The van der Waals surface area contributed by atoms with Gasteiger partial charge in [0.1, 0.15) is 11.3 Å². The SMILES string of the molecule is COc1cc(OC)c(C(=O)OCC(=O)Nc2c(C)nn(C)c2C)cc1OC. The van der Waals surface area contributed by atoms with Crippen molar-refractivity contribution in [3.05, 3.63) is 29.1 Å². The van der Waals surface area contributed by atoms with Crippen molar-refractivity contribution in [3.8, 4) is 17.2 Å². The number of methoxy groups -OCH3 is 3. The van der Waals surface area contributed by atoms with Crippen LogP contribution in [0.3, 0.4) is 0 Å². The number of anilines is 1. The fourth-order valence-electron chi connectivity index (χ4n) is 2.53. The van der Waals surface area contributed by atoms with E-state index in [-0.39, 0.29) is 11.3 Å². The van der Waals surface area contributed by atoms with Gasteiger partial charge in [-0.2, -0.15) is 5.10 Å². The molecule has 1 amide bonds. The first-order valence-corrected chi connectivity index (χ1v) is 8.09. The molecule has 0 aliphatic carbocycles. The minimum Gasteiger partial charge on any atom is -0.496 e. The van der Waals surface area contributed by atoms with E-state index in [1.807, 2.05) is 6.92 Å². The predicted molar refractivity (Wildman–Crippen MR) is 97.7 cm³/mol. The average Bonchev–Trinajstić information content (AvgIpc) is 2.90. The molecule has 9 heteroatoms. The first-order chi connectivity index (χ1) is 12.8. The largest absolute Gasteiger partial charge is 0.496 e. The minimum absolute atomic E-state index is 0.122. The molecular formula is C18H23N3O6. The first-order valence-electron chi connectivity index (χ1n) is 8.09. The van der Waals surface area contributed by atoms with Crippen LogP contribution in [0.25, 0.3) is 0 Å². The summed E-state index contributed by atoms with van der Waals surface area (Å²) >= 11 is 0. The Balaban J connectivity index is 2.10. The maximum absolute atomic E-state index is 12.4. The fourth-order valence-corrected chi connectivity index (χ4v) is 2.53. The molecule has 2 rings (SSSR count). The molecule has 1 N–H and O–H groups in total. The molecule has 9 nitrogen and oxygen atoms in total. The van der Waals surface area contributed by atoms with Crippen molar-refractivity contribution < 1.29 is 28.5 Å². The summed E-state index contributed by atoms with van der Waals surface area (Å²) in [6.07, 6.45) is 0. The van der Waals surface area contributed by atoms with Crippen LogP contribution in [-0.4, -0.2) is 49.6 Å². The molecule has 0 saturated carbocycles. The van der Waals surface area contributed by atoms with Crippen LogP contribution in [0.4, 0.5) is 5.69 Å². The highest BCUT2D eigenvalue weighted by Crippen LogP contribution is 2.34. The molecule has 0 aliphatic rings. The van der Waals surface area contributed by atoms with Gasteiger partial charge in [0.25, 0.3) is 5.91 Å². The number of carbonyl (C=O) groups excluding carboxylic acids is 2. The Labute approximate surface area is 157 Å². The summed E-state index contributed by atoms with van der Waals surface area (Å²) in [4.78, 5) is 24.5. The zero-order chi connectivity index (χ0) is 20.1. The molecule has 0 fully saturated rings. The number of aryl methyl sites for hydroxylation is 2. The van der Waals surface area contributed by atoms with Crippen LogP contribution in [0, 0.1) is 13.8 Å². The lowest BCUT2D eigenvalue weighted by Crippen LogP contribution is -2.21. The molecule has 1 heterocycles. The van der Waals surface area contributed by atoms with E-state index in [4.69, 9.17) is 18.9 Å². The van der Waals surface area contributed by atoms with Gasteiger partial charge in [0.2, 0.25) is 0 Å². The van der Waals surface area contributed by atoms with Gasteiger partial charge in [-0.05, 0) is 13.8 Å². The van der Waals surface area contributed by atoms with Crippen LogP contribution in [0.2, 0.25) is 0 Å². The predicted octanol–water partition coefficient (Wildman–Crippen LogP) is 1.86. The van der Waals surface area contributed by atoms with E-state index in [0.717, 1.165) is 5.69 Å². The Kier molecular flexibility index (Phi) is 6.27. The zero-order valence-corrected chi connectivity index (χ0v) is 16.2. The van der Waals surface area contributed by atoms with Gasteiger partial charge >= 0.3 is 5.97 Å². The van der Waals surface area contributed by atoms with Crippen LogP contribution in [0.15, 0.2) is 12.1 Å². The summed E-state index contributed by atoms with van der Waals surface area (Å²) in [7, 11) is 6.12. The third-order valence-corrected chi connectivity index (χ3v) is 4.03. The van der Waals surface area contributed by atoms with Crippen molar-refractivity contribution in [1.82, 2.24) is 9.78 Å². The van der Waals surface area contributed by atoms with Gasteiger partial charge in [0.05, 0.1) is 38.4 Å². The Hall–Kier alpha value is -3.23. The van der Waals surface area contributed by atoms with E-state index in [1.54, 1.807) is 18.7 Å². The van der Waals surface area contributed by atoms with Crippen molar-refractivity contribution in [2.24, 2.45) is 7.05 Å². The van der Waals surface area contributed by atoms with Gasteiger partial charge in [-0.25, -0.2) is 4.79 Å². The van der Waals surface area contributed by atoms with Crippen molar-refractivity contribution in [1.29, 1.82) is 0 Å². The Bertz CT molecular complexity index is 859. The highest BCUT2D eigenvalue weighted by Gasteiger charge is 2.20. The number of ether oxygens (including phenoxy) is 4. The number of benzene rings is 1. The number of hydrogen-bond donors (Lipinski definition) is 1. The van der Waals surface area contributed by atoms with E-state index in [2.05, 4.69) is 10.4 Å². The second-order valence-corrected chi connectivity index (χ2v) is 5.70. The summed E-state index contributed by atoms with van der Waals surface area (Å²) in [5, 5.41) is 6.92. The number of hydrogen-bond acceptors (Lipinski definition) is 7. The second kappa shape index (κ2) is 8.43. The summed E-state index contributed by atoms with van der Waals surface area (Å²) < 4.78 is 22.3. The van der Waals surface area contributed by atoms with Gasteiger partial charge in [-0.3, -0.25) is 9.48 Å². The Morgan fingerprint density at radius 3 is 2.15 bits per heavy atom. The standard InChI is InChI=1S/C18H23N3O6/c1-10-17(11(2)21(3)20-10)19-16(22)9-27-18(23)12-7-14(25-5)15(26-6)8-13(12)24-4/h7-8H,9H2,1-6H3,(H,19,22). The molecule has 0 aliphatic heterocycles. The number of esters is 1. The third-order valence-electron chi connectivity index (χ3n) is 4.03. The topological polar surface area (TPSA) is 101 Å². The molecule has 0 unspecified atom stereocenters. The molecule has 0 spiro atoms. The number of carbonyl (C=O) groups is 2. The van der Waals surface area contributed by atoms with E-state index in [0.29, 0.717) is 22.9 Å². The minimum atomic E-state index is -0.720. The van der Waals surface area contributed by atoms with E-state index < -0.39 is 18.5 Å². The van der Waals surface area contributed by atoms with Crippen molar-refractivity contribution in [2.75, 3.05) is 33.3 Å². The molecule has 2 aromatic rings. The summed E-state index contributed by atoms with van der Waals surface area (Å²) in [6.45, 7) is 3.16. The maximum Gasteiger partial charge on any atom is 0.342 e. The first kappa shape index (κ1) is 20.1. The summed E-state index contributed by atoms with van der Waals surface area (Å²) in [6, 6.07) is 2.95. The normalized spacial score (nSPS) is 10.3. The van der Waals surface area contributed by atoms with Gasteiger partial charge in [-0.1, -0.05) is 0 Å². The average molecular weight is 377 g/mol. The number of amides is 1. The molecule has 0 bridgehead atoms. The van der Waals surface area contributed by atoms with Crippen LogP contribution < -0.4 is 19.5 Å². The Morgan fingerprint density at radius 2 is 1.63 bits per heavy atom. The number of nitrogens with one attached hydrogen (secondary N) is 1. The highest BCUT2D eigenvalue weighted by atomic mass is 16.5. The van der Waals surface area contributed by atoms with Gasteiger partial charge < -0.3 is 24.3 Å². The van der Waals surface area contributed by atoms with Crippen LogP contribution in [-0.2, 0) is 16.6 Å². The lowest BCUT2D eigenvalue weighted by molar-refractivity contribution is -0.119. The van der Waals surface area contributed by atoms with Crippen molar-refractivity contribution in [2.45, 2.75) is 13.8 Å². The molecule has 27 heavy (non-hydrogen) atoms. The number of nitrogens with zero attached hydrogens (tertiary/aromatic N) is 2.